The molecule has 5 heteroatoms. The first-order valence-electron chi connectivity index (χ1n) is 9.85. The van der Waals surface area contributed by atoms with Crippen molar-refractivity contribution in [2.45, 2.75) is 34.2 Å². The summed E-state index contributed by atoms with van der Waals surface area (Å²) >= 11 is 0. The number of hydrogen-bond donors (Lipinski definition) is 2. The fourth-order valence-electron chi connectivity index (χ4n) is 3.20. The maximum absolute atomic E-state index is 4.63. The fraction of sp³-hybridized carbons (Fsp3) is 0.304. The Morgan fingerprint density at radius 1 is 0.893 bits per heavy atom. The van der Waals surface area contributed by atoms with Crippen LogP contribution in [-0.4, -0.2) is 23.1 Å². The summed E-state index contributed by atoms with van der Waals surface area (Å²) in [4.78, 5) is 11.5. The fourth-order valence-corrected chi connectivity index (χ4v) is 3.20. The quantitative estimate of drug-likeness (QED) is 0.560. The van der Waals surface area contributed by atoms with Crippen molar-refractivity contribution in [2.24, 2.45) is 0 Å². The van der Waals surface area contributed by atoms with E-state index in [0.29, 0.717) is 12.5 Å². The SMILES string of the molecule is CCN(CC)c1ccc(Nc2cc(C)nc(NCc3ccccc3)n2)c(C)c1. The first kappa shape index (κ1) is 19.7. The molecule has 0 amide bonds. The third-order valence-electron chi connectivity index (χ3n) is 4.75. The Morgan fingerprint density at radius 2 is 1.64 bits per heavy atom. The maximum Gasteiger partial charge on any atom is 0.225 e. The Balaban J connectivity index is 1.74. The molecule has 0 saturated heterocycles. The van der Waals surface area contributed by atoms with Crippen molar-refractivity contribution in [2.75, 3.05) is 28.6 Å². The van der Waals surface area contributed by atoms with Crippen molar-refractivity contribution in [3.05, 3.63) is 71.4 Å². The summed E-state index contributed by atoms with van der Waals surface area (Å²) in [6.07, 6.45) is 0. The molecule has 0 bridgehead atoms. The van der Waals surface area contributed by atoms with Crippen LogP contribution in [-0.2, 0) is 6.54 Å². The van der Waals surface area contributed by atoms with Gasteiger partial charge in [-0.05, 0) is 57.0 Å². The number of nitrogens with zero attached hydrogens (tertiary/aromatic N) is 3. The van der Waals surface area contributed by atoms with Gasteiger partial charge in [0.1, 0.15) is 5.82 Å². The molecule has 146 valence electrons. The Labute approximate surface area is 167 Å². The average Bonchev–Trinajstić information content (AvgIpc) is 2.70. The van der Waals surface area contributed by atoms with E-state index in [1.165, 1.54) is 16.8 Å². The summed E-state index contributed by atoms with van der Waals surface area (Å²) in [5.74, 6) is 1.42. The van der Waals surface area contributed by atoms with E-state index in [9.17, 15) is 0 Å². The van der Waals surface area contributed by atoms with E-state index in [1.54, 1.807) is 0 Å². The van der Waals surface area contributed by atoms with Gasteiger partial charge in [-0.3, -0.25) is 0 Å². The van der Waals surface area contributed by atoms with Gasteiger partial charge in [-0.25, -0.2) is 4.98 Å². The molecule has 0 aliphatic heterocycles. The second-order valence-electron chi connectivity index (χ2n) is 6.85. The second kappa shape index (κ2) is 9.22. The van der Waals surface area contributed by atoms with Gasteiger partial charge in [0.25, 0.3) is 0 Å². The summed E-state index contributed by atoms with van der Waals surface area (Å²) in [5.41, 5.74) is 5.62. The van der Waals surface area contributed by atoms with Crippen molar-refractivity contribution in [3.8, 4) is 0 Å². The van der Waals surface area contributed by atoms with E-state index in [4.69, 9.17) is 0 Å². The lowest BCUT2D eigenvalue weighted by Gasteiger charge is -2.22. The van der Waals surface area contributed by atoms with Crippen LogP contribution in [0, 0.1) is 13.8 Å². The van der Waals surface area contributed by atoms with Crippen molar-refractivity contribution in [3.63, 3.8) is 0 Å². The Hall–Kier alpha value is -3.08. The highest BCUT2D eigenvalue weighted by Crippen LogP contribution is 2.25. The van der Waals surface area contributed by atoms with E-state index in [-0.39, 0.29) is 0 Å². The zero-order valence-corrected chi connectivity index (χ0v) is 17.2. The lowest BCUT2D eigenvalue weighted by atomic mass is 10.1. The maximum atomic E-state index is 4.63. The van der Waals surface area contributed by atoms with Gasteiger partial charge < -0.3 is 15.5 Å². The molecule has 1 aromatic heterocycles. The molecule has 2 aromatic carbocycles. The minimum absolute atomic E-state index is 0.628. The molecule has 0 radical (unpaired) electrons. The lowest BCUT2D eigenvalue weighted by molar-refractivity contribution is 0.866. The van der Waals surface area contributed by atoms with E-state index in [1.807, 2.05) is 31.2 Å². The number of anilines is 4. The van der Waals surface area contributed by atoms with Crippen LogP contribution in [0.4, 0.5) is 23.1 Å². The standard InChI is InChI=1S/C23H29N5/c1-5-28(6-2)20-12-13-21(17(3)14-20)26-22-15-18(4)25-23(27-22)24-16-19-10-8-7-9-11-19/h7-15H,5-6,16H2,1-4H3,(H2,24,25,26,27). The molecule has 1 heterocycles. The van der Waals surface area contributed by atoms with Gasteiger partial charge in [-0.15, -0.1) is 0 Å². The van der Waals surface area contributed by atoms with Crippen molar-refractivity contribution in [1.29, 1.82) is 0 Å². The molecule has 0 atom stereocenters. The van der Waals surface area contributed by atoms with Gasteiger partial charge in [-0.2, -0.15) is 4.98 Å². The van der Waals surface area contributed by atoms with Crippen molar-refractivity contribution >= 4 is 23.1 Å². The van der Waals surface area contributed by atoms with Crippen molar-refractivity contribution < 1.29 is 0 Å². The molecule has 0 fully saturated rings. The Morgan fingerprint density at radius 3 is 2.32 bits per heavy atom. The minimum atomic E-state index is 0.628. The van der Waals surface area contributed by atoms with Crippen LogP contribution < -0.4 is 15.5 Å². The van der Waals surface area contributed by atoms with Gasteiger partial charge in [0.05, 0.1) is 0 Å². The zero-order chi connectivity index (χ0) is 19.9. The molecule has 0 aliphatic rings. The number of hydrogen-bond acceptors (Lipinski definition) is 5. The summed E-state index contributed by atoms with van der Waals surface area (Å²) in [7, 11) is 0. The number of aromatic nitrogens is 2. The van der Waals surface area contributed by atoms with E-state index >= 15 is 0 Å². The van der Waals surface area contributed by atoms with Gasteiger partial charge >= 0.3 is 0 Å². The molecule has 0 unspecified atom stereocenters. The van der Waals surface area contributed by atoms with Crippen LogP contribution in [0.3, 0.4) is 0 Å². The normalized spacial score (nSPS) is 10.6. The second-order valence-corrected chi connectivity index (χ2v) is 6.85. The van der Waals surface area contributed by atoms with Gasteiger partial charge in [0.15, 0.2) is 0 Å². The highest BCUT2D eigenvalue weighted by atomic mass is 15.1. The van der Waals surface area contributed by atoms with Crippen LogP contribution in [0.1, 0.15) is 30.7 Å². The van der Waals surface area contributed by atoms with Gasteiger partial charge in [0.2, 0.25) is 5.95 Å². The van der Waals surface area contributed by atoms with Crippen LogP contribution in [0.5, 0.6) is 0 Å². The molecule has 3 aromatic rings. The molecule has 2 N–H and O–H groups in total. The smallest absolute Gasteiger partial charge is 0.225 e. The Kier molecular flexibility index (Phi) is 6.48. The topological polar surface area (TPSA) is 53.1 Å². The highest BCUT2D eigenvalue weighted by molar-refractivity contribution is 5.65. The predicted octanol–water partition coefficient (Wildman–Crippen LogP) is 5.30. The third kappa shape index (κ3) is 5.00. The van der Waals surface area contributed by atoms with Crippen LogP contribution in [0.2, 0.25) is 0 Å². The highest BCUT2D eigenvalue weighted by Gasteiger charge is 2.07. The summed E-state index contributed by atoms with van der Waals surface area (Å²) in [5, 5.41) is 6.76. The molecule has 0 spiro atoms. The zero-order valence-electron chi connectivity index (χ0n) is 17.2. The van der Waals surface area contributed by atoms with Crippen molar-refractivity contribution in [1.82, 2.24) is 9.97 Å². The first-order chi connectivity index (χ1) is 13.6. The largest absolute Gasteiger partial charge is 0.372 e. The summed E-state index contributed by atoms with van der Waals surface area (Å²) in [6, 6.07) is 18.7. The predicted molar refractivity (Wildman–Crippen MR) is 119 cm³/mol. The lowest BCUT2D eigenvalue weighted by Crippen LogP contribution is -2.21. The monoisotopic (exact) mass is 375 g/mol. The molecular weight excluding hydrogens is 346 g/mol. The number of rotatable bonds is 8. The van der Waals surface area contributed by atoms with E-state index in [0.717, 1.165) is 30.3 Å². The Bertz CT molecular complexity index is 904. The molecule has 0 aliphatic carbocycles. The first-order valence-corrected chi connectivity index (χ1v) is 9.85. The number of nitrogens with one attached hydrogen (secondary N) is 2. The molecule has 3 rings (SSSR count). The van der Waals surface area contributed by atoms with Crippen LogP contribution in [0.25, 0.3) is 0 Å². The number of benzene rings is 2. The molecule has 5 nitrogen and oxygen atoms in total. The molecular formula is C23H29N5. The summed E-state index contributed by atoms with van der Waals surface area (Å²) in [6.45, 7) is 11.2. The van der Waals surface area contributed by atoms with E-state index < -0.39 is 0 Å². The molecule has 28 heavy (non-hydrogen) atoms. The minimum Gasteiger partial charge on any atom is -0.372 e. The molecule has 0 saturated carbocycles. The number of aryl methyl sites for hydroxylation is 2. The van der Waals surface area contributed by atoms with Crippen LogP contribution >= 0.6 is 0 Å². The van der Waals surface area contributed by atoms with E-state index in [2.05, 4.69) is 76.6 Å². The van der Waals surface area contributed by atoms with Gasteiger partial charge in [-0.1, -0.05) is 30.3 Å². The summed E-state index contributed by atoms with van der Waals surface area (Å²) < 4.78 is 0. The third-order valence-corrected chi connectivity index (χ3v) is 4.75. The van der Waals surface area contributed by atoms with Gasteiger partial charge in [0, 0.05) is 42.8 Å². The average molecular weight is 376 g/mol. The van der Waals surface area contributed by atoms with Crippen LogP contribution in [0.15, 0.2) is 54.6 Å².